The third-order valence-corrected chi connectivity index (χ3v) is 7.61. The first kappa shape index (κ1) is 26.9. The Hall–Kier alpha value is -2.19. The van der Waals surface area contributed by atoms with Crippen molar-refractivity contribution >= 4 is 29.4 Å². The number of hydrogen-bond donors (Lipinski definition) is 3. The maximum Gasteiger partial charge on any atom is 0.224 e. The average Bonchev–Trinajstić information content (AvgIpc) is 3.24. The first-order valence-corrected chi connectivity index (χ1v) is 13.4. The fourth-order valence-electron chi connectivity index (χ4n) is 5.59. The van der Waals surface area contributed by atoms with Crippen molar-refractivity contribution in [3.05, 3.63) is 42.2 Å². The van der Waals surface area contributed by atoms with Crippen LogP contribution in [-0.4, -0.2) is 62.9 Å². The zero-order chi connectivity index (χ0) is 24.2. The topological polar surface area (TPSA) is 78.2 Å². The first-order chi connectivity index (χ1) is 17.1. The standard InChI is InChI=1S/C28H40N6O.ClH/c1-3-4-20(2)31-28-30-17-25-26(19-34(27(25)32-28)23-9-11-24(35)12-10-23)22-7-5-21(6-8-22)18-33-15-13-29-14-16-33;/h5-8,17,19-20,23-24,29,35H,3-4,9-16,18H2,1-2H3,(H,30,31,32);1H/t20-,23-,24-;/m0./s1. The molecule has 1 aliphatic heterocycles. The number of halogens is 1. The normalized spacial score (nSPS) is 21.8. The summed E-state index contributed by atoms with van der Waals surface area (Å²) in [5.41, 5.74) is 4.74. The monoisotopic (exact) mass is 512 g/mol. The Labute approximate surface area is 221 Å². The van der Waals surface area contributed by atoms with Crippen LogP contribution >= 0.6 is 12.4 Å². The highest BCUT2D eigenvalue weighted by atomic mass is 35.5. The van der Waals surface area contributed by atoms with E-state index in [1.165, 1.54) is 16.7 Å². The largest absolute Gasteiger partial charge is 0.393 e. The van der Waals surface area contributed by atoms with E-state index in [2.05, 4.69) is 64.4 Å². The molecule has 0 amide bonds. The van der Waals surface area contributed by atoms with Gasteiger partial charge < -0.3 is 20.3 Å². The van der Waals surface area contributed by atoms with Crippen molar-refractivity contribution in [1.29, 1.82) is 0 Å². The Bertz CT molecular complexity index is 1100. The molecule has 3 heterocycles. The third-order valence-electron chi connectivity index (χ3n) is 7.61. The van der Waals surface area contributed by atoms with E-state index in [0.717, 1.165) is 82.3 Å². The zero-order valence-electron chi connectivity index (χ0n) is 21.6. The van der Waals surface area contributed by atoms with E-state index in [0.29, 0.717) is 18.0 Å². The lowest BCUT2D eigenvalue weighted by Crippen LogP contribution is -2.42. The predicted molar refractivity (Wildman–Crippen MR) is 150 cm³/mol. The van der Waals surface area contributed by atoms with Crippen molar-refractivity contribution in [1.82, 2.24) is 24.8 Å². The summed E-state index contributed by atoms with van der Waals surface area (Å²) in [7, 11) is 0. The summed E-state index contributed by atoms with van der Waals surface area (Å²) < 4.78 is 2.35. The van der Waals surface area contributed by atoms with Crippen molar-refractivity contribution in [2.75, 3.05) is 31.5 Å². The summed E-state index contributed by atoms with van der Waals surface area (Å²) in [6.45, 7) is 9.75. The van der Waals surface area contributed by atoms with Gasteiger partial charge in [-0.05, 0) is 50.2 Å². The van der Waals surface area contributed by atoms with Gasteiger partial charge in [0.05, 0.1) is 6.10 Å². The van der Waals surface area contributed by atoms with Crippen molar-refractivity contribution in [3.63, 3.8) is 0 Å². The molecule has 1 saturated heterocycles. The SMILES string of the molecule is CCC[C@H](C)Nc1ncc2c(-c3ccc(CN4CCNCC4)cc3)cn([C@H]3CC[C@H](O)CC3)c2n1.Cl. The van der Waals surface area contributed by atoms with Crippen LogP contribution in [0.4, 0.5) is 5.95 Å². The highest BCUT2D eigenvalue weighted by molar-refractivity contribution is 5.94. The van der Waals surface area contributed by atoms with Crippen LogP contribution in [0, 0.1) is 0 Å². The van der Waals surface area contributed by atoms with Crippen molar-refractivity contribution in [2.45, 2.75) is 77.1 Å². The minimum atomic E-state index is -0.169. The second kappa shape index (κ2) is 12.4. The van der Waals surface area contributed by atoms with Crippen LogP contribution in [0.15, 0.2) is 36.7 Å². The third kappa shape index (κ3) is 6.20. The van der Waals surface area contributed by atoms with Gasteiger partial charge in [0.15, 0.2) is 0 Å². The van der Waals surface area contributed by atoms with Gasteiger partial charge in [-0.15, -0.1) is 12.4 Å². The Kier molecular flexibility index (Phi) is 9.23. The number of benzene rings is 1. The molecule has 196 valence electrons. The highest BCUT2D eigenvalue weighted by Crippen LogP contribution is 2.36. The molecule has 0 radical (unpaired) electrons. The summed E-state index contributed by atoms with van der Waals surface area (Å²) >= 11 is 0. The molecule has 3 N–H and O–H groups in total. The van der Waals surface area contributed by atoms with E-state index in [1.54, 1.807) is 0 Å². The number of piperazine rings is 1. The molecule has 0 bridgehead atoms. The van der Waals surface area contributed by atoms with Crippen molar-refractivity contribution in [3.8, 4) is 11.1 Å². The molecule has 8 heteroatoms. The number of anilines is 1. The molecule has 5 rings (SSSR count). The van der Waals surface area contributed by atoms with Gasteiger partial charge in [0, 0.05) is 68.2 Å². The van der Waals surface area contributed by atoms with Gasteiger partial charge in [0.2, 0.25) is 5.95 Å². The molecule has 2 aromatic heterocycles. The lowest BCUT2D eigenvalue weighted by Gasteiger charge is -2.27. The van der Waals surface area contributed by atoms with Crippen molar-refractivity contribution in [2.24, 2.45) is 0 Å². The number of fused-ring (bicyclic) bond motifs is 1. The number of nitrogens with one attached hydrogen (secondary N) is 2. The van der Waals surface area contributed by atoms with E-state index in [4.69, 9.17) is 9.97 Å². The van der Waals surface area contributed by atoms with Gasteiger partial charge >= 0.3 is 0 Å². The Balaban J connectivity index is 0.00000304. The Morgan fingerprint density at radius 2 is 1.83 bits per heavy atom. The van der Waals surface area contributed by atoms with Crippen LogP contribution < -0.4 is 10.6 Å². The molecular formula is C28H41ClN6O. The fourth-order valence-corrected chi connectivity index (χ4v) is 5.59. The van der Waals surface area contributed by atoms with E-state index >= 15 is 0 Å². The maximum absolute atomic E-state index is 10.1. The predicted octanol–water partition coefficient (Wildman–Crippen LogP) is 5.00. The zero-order valence-corrected chi connectivity index (χ0v) is 22.4. The number of aromatic nitrogens is 3. The minimum absolute atomic E-state index is 0. The fraction of sp³-hybridized carbons (Fsp3) is 0.571. The number of hydrogen-bond acceptors (Lipinski definition) is 6. The maximum atomic E-state index is 10.1. The summed E-state index contributed by atoms with van der Waals surface area (Å²) in [6.07, 6.45) is 9.97. The smallest absolute Gasteiger partial charge is 0.224 e. The number of aliphatic hydroxyl groups is 1. The van der Waals surface area contributed by atoms with Gasteiger partial charge in [0.25, 0.3) is 0 Å². The lowest BCUT2D eigenvalue weighted by atomic mass is 9.93. The molecule has 7 nitrogen and oxygen atoms in total. The van der Waals surface area contributed by atoms with Gasteiger partial charge in [-0.2, -0.15) is 4.98 Å². The van der Waals surface area contributed by atoms with Crippen LogP contribution in [-0.2, 0) is 6.54 Å². The highest BCUT2D eigenvalue weighted by Gasteiger charge is 2.24. The van der Waals surface area contributed by atoms with Gasteiger partial charge in [-0.3, -0.25) is 4.90 Å². The van der Waals surface area contributed by atoms with Gasteiger partial charge in [0.1, 0.15) is 5.65 Å². The number of rotatable bonds is 8. The lowest BCUT2D eigenvalue weighted by molar-refractivity contribution is 0.111. The summed E-state index contributed by atoms with van der Waals surface area (Å²) in [4.78, 5) is 12.2. The average molecular weight is 513 g/mol. The van der Waals surface area contributed by atoms with E-state index in [1.807, 2.05) is 6.20 Å². The molecule has 2 aliphatic rings. The molecular weight excluding hydrogens is 472 g/mol. The number of nitrogens with zero attached hydrogens (tertiary/aromatic N) is 4. The van der Waals surface area contributed by atoms with E-state index < -0.39 is 0 Å². The Morgan fingerprint density at radius 1 is 1.11 bits per heavy atom. The van der Waals surface area contributed by atoms with Crippen LogP contribution in [0.1, 0.15) is 64.0 Å². The molecule has 1 atom stereocenters. The summed E-state index contributed by atoms with van der Waals surface area (Å²) in [5.74, 6) is 0.701. The van der Waals surface area contributed by atoms with E-state index in [9.17, 15) is 5.11 Å². The van der Waals surface area contributed by atoms with Crippen LogP contribution in [0.25, 0.3) is 22.2 Å². The Morgan fingerprint density at radius 3 is 2.53 bits per heavy atom. The molecule has 0 spiro atoms. The molecule has 3 aromatic rings. The molecule has 1 saturated carbocycles. The molecule has 0 unspecified atom stereocenters. The van der Waals surface area contributed by atoms with E-state index in [-0.39, 0.29) is 18.5 Å². The molecule has 1 aliphatic carbocycles. The first-order valence-electron chi connectivity index (χ1n) is 13.4. The molecule has 1 aromatic carbocycles. The minimum Gasteiger partial charge on any atom is -0.393 e. The second-order valence-corrected chi connectivity index (χ2v) is 10.4. The van der Waals surface area contributed by atoms with Crippen LogP contribution in [0.2, 0.25) is 0 Å². The molecule has 2 fully saturated rings. The van der Waals surface area contributed by atoms with Crippen molar-refractivity contribution < 1.29 is 5.11 Å². The van der Waals surface area contributed by atoms with Crippen LogP contribution in [0.3, 0.4) is 0 Å². The summed E-state index contributed by atoms with van der Waals surface area (Å²) in [5, 5.41) is 18.1. The second-order valence-electron chi connectivity index (χ2n) is 10.4. The quantitative estimate of drug-likeness (QED) is 0.394. The van der Waals surface area contributed by atoms with Crippen LogP contribution in [0.5, 0.6) is 0 Å². The molecule has 36 heavy (non-hydrogen) atoms. The number of aliphatic hydroxyl groups excluding tert-OH is 1. The summed E-state index contributed by atoms with van der Waals surface area (Å²) in [6, 6.07) is 9.72. The van der Waals surface area contributed by atoms with Gasteiger partial charge in [-0.25, -0.2) is 4.98 Å². The van der Waals surface area contributed by atoms with Gasteiger partial charge in [-0.1, -0.05) is 37.6 Å².